The number of benzene rings is 1. The van der Waals surface area contributed by atoms with Crippen LogP contribution < -0.4 is 11.3 Å². The second-order valence-corrected chi connectivity index (χ2v) is 7.64. The first-order chi connectivity index (χ1) is 12.9. The lowest BCUT2D eigenvalue weighted by Gasteiger charge is -2.27. The van der Waals surface area contributed by atoms with E-state index >= 15 is 0 Å². The highest BCUT2D eigenvalue weighted by molar-refractivity contribution is 7.89. The first kappa shape index (κ1) is 18.6. The third-order valence-corrected chi connectivity index (χ3v) is 6.17. The molecule has 1 aromatic carbocycles. The fraction of sp³-hybridized carbons (Fsp3) is 0.235. The van der Waals surface area contributed by atoms with E-state index in [1.165, 1.54) is 22.5 Å². The zero-order chi connectivity index (χ0) is 19.6. The molecule has 0 saturated carbocycles. The number of rotatable bonds is 3. The van der Waals surface area contributed by atoms with E-state index in [9.17, 15) is 23.7 Å². The van der Waals surface area contributed by atoms with Crippen LogP contribution in [0.25, 0.3) is 11.1 Å². The lowest BCUT2D eigenvalue weighted by molar-refractivity contribution is 0.0730. The molecule has 2 heterocycles. The second-order valence-electron chi connectivity index (χ2n) is 5.73. The van der Waals surface area contributed by atoms with Crippen molar-refractivity contribution in [2.24, 2.45) is 0 Å². The van der Waals surface area contributed by atoms with Crippen LogP contribution in [0.4, 0.5) is 5.82 Å². The molecule has 0 radical (unpaired) electrons. The van der Waals surface area contributed by atoms with Crippen molar-refractivity contribution in [1.82, 2.24) is 9.29 Å². The molecule has 3 rings (SSSR count). The van der Waals surface area contributed by atoms with Gasteiger partial charge in [0.2, 0.25) is 10.0 Å². The van der Waals surface area contributed by atoms with Gasteiger partial charge in [-0.2, -0.15) is 14.8 Å². The van der Waals surface area contributed by atoms with E-state index in [0.29, 0.717) is 0 Å². The van der Waals surface area contributed by atoms with Gasteiger partial charge in [0, 0.05) is 24.2 Å². The number of aromatic nitrogens is 1. The number of sulfonamides is 1. The third-order valence-electron chi connectivity index (χ3n) is 4.21. The zero-order valence-corrected chi connectivity index (χ0v) is 14.9. The van der Waals surface area contributed by atoms with Gasteiger partial charge in [0.05, 0.1) is 18.1 Å². The van der Waals surface area contributed by atoms with Crippen molar-refractivity contribution in [3.63, 3.8) is 0 Å². The molecule has 1 aliphatic heterocycles. The number of ether oxygens (including phenoxy) is 1. The van der Waals surface area contributed by atoms with E-state index in [1.54, 1.807) is 12.1 Å². The SMILES string of the molecule is N#Cc1c(N)[nH]c(=O)c(C#N)c1-c1ccccc1S(=O)(=O)N1CCOCC1. The van der Waals surface area contributed by atoms with Crippen molar-refractivity contribution in [2.75, 3.05) is 32.0 Å². The molecule has 3 N–H and O–H groups in total. The van der Waals surface area contributed by atoms with Gasteiger partial charge in [-0.05, 0) is 6.07 Å². The van der Waals surface area contributed by atoms with E-state index in [1.807, 2.05) is 6.07 Å². The molecule has 27 heavy (non-hydrogen) atoms. The van der Waals surface area contributed by atoms with Crippen LogP contribution in [0.1, 0.15) is 11.1 Å². The van der Waals surface area contributed by atoms with E-state index in [2.05, 4.69) is 4.98 Å². The fourth-order valence-electron chi connectivity index (χ4n) is 2.94. The van der Waals surface area contributed by atoms with Gasteiger partial charge in [-0.1, -0.05) is 18.2 Å². The second kappa shape index (κ2) is 7.21. The van der Waals surface area contributed by atoms with Crippen molar-refractivity contribution < 1.29 is 13.2 Å². The molecule has 2 aromatic rings. The molecule has 0 unspecified atom stereocenters. The Labute approximate surface area is 155 Å². The molecule has 0 aliphatic carbocycles. The number of hydrogen-bond acceptors (Lipinski definition) is 7. The average molecular weight is 385 g/mol. The molecule has 9 nitrogen and oxygen atoms in total. The smallest absolute Gasteiger partial charge is 0.268 e. The van der Waals surface area contributed by atoms with Crippen molar-refractivity contribution >= 4 is 15.8 Å². The summed E-state index contributed by atoms with van der Waals surface area (Å²) in [4.78, 5) is 14.3. The molecule has 0 spiro atoms. The standard InChI is InChI=1S/C17H15N5O4S/c18-9-12-15(13(10-19)17(23)21-16(12)20)11-3-1-2-4-14(11)27(24,25)22-5-7-26-8-6-22/h1-4H,5-8H2,(H3,20,21,23). The number of nitrogens with zero attached hydrogens (tertiary/aromatic N) is 3. The summed E-state index contributed by atoms with van der Waals surface area (Å²) in [5.74, 6) is -0.227. The lowest BCUT2D eigenvalue weighted by Crippen LogP contribution is -2.40. The van der Waals surface area contributed by atoms with E-state index in [4.69, 9.17) is 10.5 Å². The summed E-state index contributed by atoms with van der Waals surface area (Å²) in [5, 5.41) is 18.9. The highest BCUT2D eigenvalue weighted by Gasteiger charge is 2.31. The zero-order valence-electron chi connectivity index (χ0n) is 14.1. The van der Waals surface area contributed by atoms with Crippen molar-refractivity contribution in [3.8, 4) is 23.3 Å². The number of anilines is 1. The summed E-state index contributed by atoms with van der Waals surface area (Å²) in [5.41, 5.74) is 4.41. The number of nitrogens with two attached hydrogens (primary N) is 1. The average Bonchev–Trinajstić information content (AvgIpc) is 2.68. The number of H-pyrrole nitrogens is 1. The van der Waals surface area contributed by atoms with Gasteiger partial charge in [0.15, 0.2) is 0 Å². The Kier molecular flexibility index (Phi) is 4.97. The molecule has 1 aliphatic rings. The number of nitrogen functional groups attached to an aromatic ring is 1. The number of pyridine rings is 1. The molecule has 0 atom stereocenters. The van der Waals surface area contributed by atoms with Crippen LogP contribution in [0.3, 0.4) is 0 Å². The van der Waals surface area contributed by atoms with Crippen molar-refractivity contribution in [2.45, 2.75) is 4.90 Å². The van der Waals surface area contributed by atoms with Gasteiger partial charge < -0.3 is 15.5 Å². The first-order valence-electron chi connectivity index (χ1n) is 7.95. The summed E-state index contributed by atoms with van der Waals surface area (Å²) in [6, 6.07) is 9.51. The summed E-state index contributed by atoms with van der Waals surface area (Å²) < 4.78 is 32.7. The molecule has 10 heteroatoms. The van der Waals surface area contributed by atoms with Crippen LogP contribution in [0, 0.1) is 22.7 Å². The van der Waals surface area contributed by atoms with E-state index in [-0.39, 0.29) is 59.3 Å². The van der Waals surface area contributed by atoms with Crippen LogP contribution in [0.15, 0.2) is 34.0 Å². The number of nitrogens with one attached hydrogen (secondary N) is 1. The van der Waals surface area contributed by atoms with Gasteiger partial charge in [0.25, 0.3) is 5.56 Å². The minimum absolute atomic E-state index is 0.0786. The van der Waals surface area contributed by atoms with Crippen LogP contribution in [0.5, 0.6) is 0 Å². The van der Waals surface area contributed by atoms with E-state index < -0.39 is 15.6 Å². The molecular formula is C17H15N5O4S. The largest absolute Gasteiger partial charge is 0.384 e. The Morgan fingerprint density at radius 3 is 2.37 bits per heavy atom. The van der Waals surface area contributed by atoms with Crippen molar-refractivity contribution in [1.29, 1.82) is 10.5 Å². The summed E-state index contributed by atoms with van der Waals surface area (Å²) in [7, 11) is -3.94. The highest BCUT2D eigenvalue weighted by atomic mass is 32.2. The minimum Gasteiger partial charge on any atom is -0.384 e. The van der Waals surface area contributed by atoms with Crippen LogP contribution in [-0.2, 0) is 14.8 Å². The van der Waals surface area contributed by atoms with E-state index in [0.717, 1.165) is 0 Å². The topological polar surface area (TPSA) is 153 Å². The normalized spacial score (nSPS) is 15.0. The number of nitriles is 2. The Balaban J connectivity index is 2.33. The summed E-state index contributed by atoms with van der Waals surface area (Å²) >= 11 is 0. The highest BCUT2D eigenvalue weighted by Crippen LogP contribution is 2.34. The van der Waals surface area contributed by atoms with Gasteiger partial charge in [-0.25, -0.2) is 8.42 Å². The number of hydrogen-bond donors (Lipinski definition) is 2. The Morgan fingerprint density at radius 2 is 1.74 bits per heavy atom. The molecule has 138 valence electrons. The molecule has 1 saturated heterocycles. The maximum atomic E-state index is 13.1. The number of aromatic amines is 1. The molecule has 1 fully saturated rings. The molecular weight excluding hydrogens is 370 g/mol. The molecule has 0 amide bonds. The Hall–Kier alpha value is -3.18. The summed E-state index contributed by atoms with van der Waals surface area (Å²) in [6.07, 6.45) is 0. The molecule has 1 aromatic heterocycles. The Bertz CT molecular complexity index is 1140. The van der Waals surface area contributed by atoms with Gasteiger partial charge >= 0.3 is 0 Å². The monoisotopic (exact) mass is 385 g/mol. The Morgan fingerprint density at radius 1 is 1.11 bits per heavy atom. The predicted octanol–water partition coefficient (Wildman–Crippen LogP) is 0.388. The van der Waals surface area contributed by atoms with Gasteiger partial charge in [-0.15, -0.1) is 0 Å². The lowest BCUT2D eigenvalue weighted by atomic mass is 9.97. The summed E-state index contributed by atoms with van der Waals surface area (Å²) in [6.45, 7) is 0.910. The third kappa shape index (κ3) is 3.17. The first-order valence-corrected chi connectivity index (χ1v) is 9.39. The maximum Gasteiger partial charge on any atom is 0.268 e. The molecule has 0 bridgehead atoms. The van der Waals surface area contributed by atoms with Crippen LogP contribution in [0.2, 0.25) is 0 Å². The predicted molar refractivity (Wildman–Crippen MR) is 95.9 cm³/mol. The van der Waals surface area contributed by atoms with Crippen LogP contribution >= 0.6 is 0 Å². The van der Waals surface area contributed by atoms with Gasteiger partial charge in [0.1, 0.15) is 29.1 Å². The maximum absolute atomic E-state index is 13.1. The minimum atomic E-state index is -3.94. The van der Waals surface area contributed by atoms with Gasteiger partial charge in [-0.3, -0.25) is 4.79 Å². The fourth-order valence-corrected chi connectivity index (χ4v) is 4.54. The number of morpholine rings is 1. The van der Waals surface area contributed by atoms with Crippen LogP contribution in [-0.4, -0.2) is 44.0 Å². The van der Waals surface area contributed by atoms with Crippen molar-refractivity contribution in [3.05, 3.63) is 45.7 Å². The quantitative estimate of drug-likeness (QED) is 0.774.